The van der Waals surface area contributed by atoms with Gasteiger partial charge < -0.3 is 14.8 Å². The molecule has 25 heavy (non-hydrogen) atoms. The molecule has 3 rings (SSSR count). The summed E-state index contributed by atoms with van der Waals surface area (Å²) in [6, 6.07) is 13.4. The SMILES string of the molecule is C[C@](O)(CNC(=O)Cc1c(F)cccc1Cl)c1cc2ccccc2o1. The van der Waals surface area contributed by atoms with Gasteiger partial charge in [0.1, 0.15) is 22.8 Å². The smallest absolute Gasteiger partial charge is 0.224 e. The third-order valence-corrected chi connectivity index (χ3v) is 4.34. The lowest BCUT2D eigenvalue weighted by molar-refractivity contribution is -0.121. The van der Waals surface area contributed by atoms with E-state index in [0.29, 0.717) is 11.3 Å². The quantitative estimate of drug-likeness (QED) is 0.726. The van der Waals surface area contributed by atoms with Crippen molar-refractivity contribution in [2.45, 2.75) is 18.9 Å². The molecule has 1 heterocycles. The number of halogens is 2. The predicted molar refractivity (Wildman–Crippen MR) is 93.9 cm³/mol. The summed E-state index contributed by atoms with van der Waals surface area (Å²) in [5.74, 6) is -0.631. The van der Waals surface area contributed by atoms with Crippen molar-refractivity contribution in [3.63, 3.8) is 0 Å². The van der Waals surface area contributed by atoms with Crippen molar-refractivity contribution in [2.75, 3.05) is 6.54 Å². The van der Waals surface area contributed by atoms with E-state index in [0.717, 1.165) is 5.39 Å². The van der Waals surface area contributed by atoms with E-state index >= 15 is 0 Å². The molecule has 0 fully saturated rings. The van der Waals surface area contributed by atoms with E-state index in [1.807, 2.05) is 18.2 Å². The number of hydrogen-bond acceptors (Lipinski definition) is 3. The summed E-state index contributed by atoms with van der Waals surface area (Å²) in [5.41, 5.74) is -0.611. The summed E-state index contributed by atoms with van der Waals surface area (Å²) in [4.78, 5) is 12.1. The Hall–Kier alpha value is -2.37. The molecule has 1 amide bonds. The number of rotatable bonds is 5. The number of amides is 1. The van der Waals surface area contributed by atoms with Crippen LogP contribution in [0, 0.1) is 5.82 Å². The van der Waals surface area contributed by atoms with Crippen LogP contribution in [0.25, 0.3) is 11.0 Å². The lowest BCUT2D eigenvalue weighted by Gasteiger charge is -2.21. The van der Waals surface area contributed by atoms with Crippen LogP contribution in [0.5, 0.6) is 0 Å². The van der Waals surface area contributed by atoms with Gasteiger partial charge in [-0.1, -0.05) is 35.9 Å². The molecule has 0 aliphatic carbocycles. The van der Waals surface area contributed by atoms with Crippen LogP contribution in [-0.2, 0) is 16.8 Å². The van der Waals surface area contributed by atoms with Crippen molar-refractivity contribution in [3.05, 3.63) is 70.7 Å². The van der Waals surface area contributed by atoms with Gasteiger partial charge in [-0.25, -0.2) is 4.39 Å². The maximum Gasteiger partial charge on any atom is 0.224 e. The molecule has 130 valence electrons. The molecule has 0 aliphatic heterocycles. The molecule has 0 radical (unpaired) electrons. The van der Waals surface area contributed by atoms with Crippen molar-refractivity contribution in [3.8, 4) is 0 Å². The van der Waals surface area contributed by atoms with E-state index in [1.165, 1.54) is 18.2 Å². The van der Waals surface area contributed by atoms with Gasteiger partial charge in [-0.3, -0.25) is 4.79 Å². The van der Waals surface area contributed by atoms with Crippen molar-refractivity contribution < 1.29 is 18.7 Å². The third kappa shape index (κ3) is 3.83. The largest absolute Gasteiger partial charge is 0.458 e. The first-order chi connectivity index (χ1) is 11.9. The van der Waals surface area contributed by atoms with Crippen LogP contribution in [0.3, 0.4) is 0 Å². The van der Waals surface area contributed by atoms with Crippen LogP contribution in [0.1, 0.15) is 18.2 Å². The Labute approximate surface area is 149 Å². The minimum absolute atomic E-state index is 0.0717. The molecular formula is C19H17ClFNO3. The normalized spacial score (nSPS) is 13.6. The number of carbonyl (C=O) groups is 1. The van der Waals surface area contributed by atoms with Crippen molar-refractivity contribution >= 4 is 28.5 Å². The molecule has 0 spiro atoms. The molecule has 0 unspecified atom stereocenters. The van der Waals surface area contributed by atoms with Gasteiger partial charge in [-0.05, 0) is 31.2 Å². The van der Waals surface area contributed by atoms with Crippen LogP contribution in [0.4, 0.5) is 4.39 Å². The molecule has 0 bridgehead atoms. The minimum atomic E-state index is -1.40. The Morgan fingerprint density at radius 2 is 2.04 bits per heavy atom. The van der Waals surface area contributed by atoms with E-state index in [4.69, 9.17) is 16.0 Å². The Morgan fingerprint density at radius 1 is 1.28 bits per heavy atom. The summed E-state index contributed by atoms with van der Waals surface area (Å²) >= 11 is 5.92. The lowest BCUT2D eigenvalue weighted by atomic mass is 10.0. The fourth-order valence-electron chi connectivity index (χ4n) is 2.53. The Morgan fingerprint density at radius 3 is 2.76 bits per heavy atom. The first-order valence-corrected chi connectivity index (χ1v) is 8.15. The Kier molecular flexibility index (Phi) is 4.79. The standard InChI is InChI=1S/C19H17ClFNO3/c1-19(24,17-9-12-5-2-3-8-16(12)25-17)11-22-18(23)10-13-14(20)6-4-7-15(13)21/h2-9,24H,10-11H2,1H3,(H,22,23)/t19-/m0/s1. The highest BCUT2D eigenvalue weighted by molar-refractivity contribution is 6.31. The van der Waals surface area contributed by atoms with Gasteiger partial charge in [0, 0.05) is 16.0 Å². The van der Waals surface area contributed by atoms with Crippen LogP contribution >= 0.6 is 11.6 Å². The number of benzene rings is 2. The second-order valence-corrected chi connectivity index (χ2v) is 6.48. The van der Waals surface area contributed by atoms with Crippen molar-refractivity contribution in [1.82, 2.24) is 5.32 Å². The highest BCUT2D eigenvalue weighted by Crippen LogP contribution is 2.27. The molecule has 1 atom stereocenters. The van der Waals surface area contributed by atoms with Gasteiger partial charge in [0.2, 0.25) is 5.91 Å². The van der Waals surface area contributed by atoms with Crippen molar-refractivity contribution in [1.29, 1.82) is 0 Å². The van der Waals surface area contributed by atoms with Crippen LogP contribution in [-0.4, -0.2) is 17.6 Å². The van der Waals surface area contributed by atoms with Crippen molar-refractivity contribution in [2.24, 2.45) is 0 Å². The van der Waals surface area contributed by atoms with Gasteiger partial charge >= 0.3 is 0 Å². The number of furan rings is 1. The number of carbonyl (C=O) groups excluding carboxylic acids is 1. The Balaban J connectivity index is 1.68. The molecule has 1 aromatic heterocycles. The first-order valence-electron chi connectivity index (χ1n) is 7.78. The minimum Gasteiger partial charge on any atom is -0.458 e. The zero-order valence-electron chi connectivity index (χ0n) is 13.6. The summed E-state index contributed by atoms with van der Waals surface area (Å²) < 4.78 is 19.4. The van der Waals surface area contributed by atoms with E-state index in [-0.39, 0.29) is 23.6 Å². The van der Waals surface area contributed by atoms with Gasteiger partial charge in [-0.2, -0.15) is 0 Å². The second kappa shape index (κ2) is 6.86. The fraction of sp³-hybridized carbons (Fsp3) is 0.211. The Bertz CT molecular complexity index is 867. The summed E-state index contributed by atoms with van der Waals surface area (Å²) in [5, 5.41) is 14.3. The highest BCUT2D eigenvalue weighted by atomic mass is 35.5. The molecule has 6 heteroatoms. The van der Waals surface area contributed by atoms with Crippen LogP contribution < -0.4 is 5.32 Å². The van der Waals surface area contributed by atoms with E-state index in [2.05, 4.69) is 5.32 Å². The third-order valence-electron chi connectivity index (χ3n) is 3.99. The number of para-hydroxylation sites is 1. The molecule has 0 saturated heterocycles. The monoisotopic (exact) mass is 361 g/mol. The van der Waals surface area contributed by atoms with E-state index in [1.54, 1.807) is 19.1 Å². The number of aliphatic hydroxyl groups is 1. The molecule has 3 aromatic rings. The summed E-state index contributed by atoms with van der Waals surface area (Å²) in [6.45, 7) is 1.47. The van der Waals surface area contributed by atoms with Crippen LogP contribution in [0.2, 0.25) is 5.02 Å². The molecule has 0 aliphatic rings. The second-order valence-electron chi connectivity index (χ2n) is 6.08. The first kappa shape index (κ1) is 17.5. The van der Waals surface area contributed by atoms with Gasteiger partial charge in [0.05, 0.1) is 13.0 Å². The topological polar surface area (TPSA) is 62.5 Å². The number of fused-ring (bicyclic) bond motifs is 1. The summed E-state index contributed by atoms with van der Waals surface area (Å²) in [7, 11) is 0. The summed E-state index contributed by atoms with van der Waals surface area (Å²) in [6.07, 6.45) is -0.207. The lowest BCUT2D eigenvalue weighted by Crippen LogP contribution is -2.39. The maximum absolute atomic E-state index is 13.7. The van der Waals surface area contributed by atoms with Crippen LogP contribution in [0.15, 0.2) is 52.9 Å². The average molecular weight is 362 g/mol. The zero-order valence-corrected chi connectivity index (χ0v) is 14.3. The zero-order chi connectivity index (χ0) is 18.0. The van der Waals surface area contributed by atoms with Gasteiger partial charge in [0.25, 0.3) is 0 Å². The predicted octanol–water partition coefficient (Wildman–Crippen LogP) is 3.79. The van der Waals surface area contributed by atoms with E-state index in [9.17, 15) is 14.3 Å². The van der Waals surface area contributed by atoms with E-state index < -0.39 is 17.3 Å². The average Bonchev–Trinajstić information content (AvgIpc) is 3.02. The molecule has 4 nitrogen and oxygen atoms in total. The maximum atomic E-state index is 13.7. The number of hydrogen-bond donors (Lipinski definition) is 2. The molecule has 0 saturated carbocycles. The van der Waals surface area contributed by atoms with Gasteiger partial charge in [-0.15, -0.1) is 0 Å². The fourth-order valence-corrected chi connectivity index (χ4v) is 2.76. The molecule has 2 aromatic carbocycles. The number of nitrogens with one attached hydrogen (secondary N) is 1. The highest BCUT2D eigenvalue weighted by Gasteiger charge is 2.28. The van der Waals surface area contributed by atoms with Gasteiger partial charge in [0.15, 0.2) is 0 Å². The molecule has 2 N–H and O–H groups in total. The molecular weight excluding hydrogens is 345 g/mol.